The van der Waals surface area contributed by atoms with Crippen LogP contribution in [0.3, 0.4) is 0 Å². The third-order valence-corrected chi connectivity index (χ3v) is 3.90. The van der Waals surface area contributed by atoms with E-state index in [0.717, 1.165) is 11.2 Å². The van der Waals surface area contributed by atoms with E-state index in [1.165, 1.54) is 11.3 Å². The lowest BCUT2D eigenvalue weighted by Gasteiger charge is -2.07. The van der Waals surface area contributed by atoms with Crippen LogP contribution in [0.4, 0.5) is 0 Å². The average Bonchev–Trinajstić information content (AvgIpc) is 2.98. The van der Waals surface area contributed by atoms with Gasteiger partial charge in [-0.25, -0.2) is 0 Å². The Balaban J connectivity index is 1.79. The number of hydrogen-bond donors (Lipinski definition) is 0. The second kappa shape index (κ2) is 7.22. The van der Waals surface area contributed by atoms with Crippen LogP contribution in [0.1, 0.15) is 32.9 Å². The molecule has 1 aromatic heterocycles. The van der Waals surface area contributed by atoms with Crippen LogP contribution >= 0.6 is 22.9 Å². The molecule has 0 aliphatic carbocycles. The van der Waals surface area contributed by atoms with Gasteiger partial charge in [-0.05, 0) is 36.1 Å². The molecule has 0 saturated carbocycles. The van der Waals surface area contributed by atoms with Crippen molar-refractivity contribution in [2.45, 2.75) is 12.8 Å². The van der Waals surface area contributed by atoms with Gasteiger partial charge in [0.2, 0.25) is 0 Å². The average molecular weight is 309 g/mol. The van der Waals surface area contributed by atoms with Crippen LogP contribution in [-0.4, -0.2) is 18.7 Å². The molecule has 0 spiro atoms. The molecule has 0 N–H and O–H groups in total. The molecule has 0 unspecified atom stereocenters. The first-order valence-corrected chi connectivity index (χ1v) is 7.40. The van der Waals surface area contributed by atoms with E-state index in [-0.39, 0.29) is 5.78 Å². The molecule has 2 aromatic rings. The zero-order chi connectivity index (χ0) is 14.4. The van der Waals surface area contributed by atoms with E-state index in [0.29, 0.717) is 35.8 Å². The zero-order valence-corrected chi connectivity index (χ0v) is 12.2. The summed E-state index contributed by atoms with van der Waals surface area (Å²) in [7, 11) is 0. The third kappa shape index (κ3) is 3.92. The molecule has 104 valence electrons. The predicted molar refractivity (Wildman–Crippen MR) is 80.2 cm³/mol. The van der Waals surface area contributed by atoms with Gasteiger partial charge in [-0.2, -0.15) is 0 Å². The van der Waals surface area contributed by atoms with Crippen molar-refractivity contribution in [3.63, 3.8) is 0 Å². The van der Waals surface area contributed by atoms with E-state index in [9.17, 15) is 9.59 Å². The van der Waals surface area contributed by atoms with E-state index in [1.54, 1.807) is 18.2 Å². The van der Waals surface area contributed by atoms with E-state index < -0.39 is 0 Å². The fourth-order valence-corrected chi connectivity index (χ4v) is 2.62. The number of aldehydes is 1. The number of benzene rings is 1. The maximum Gasteiger partial charge on any atom is 0.172 e. The second-order valence-corrected chi connectivity index (χ2v) is 5.52. The Morgan fingerprint density at radius 2 is 2.20 bits per heavy atom. The van der Waals surface area contributed by atoms with Gasteiger partial charge in [0.05, 0.1) is 16.5 Å². The minimum Gasteiger partial charge on any atom is -0.492 e. The zero-order valence-electron chi connectivity index (χ0n) is 10.7. The highest BCUT2D eigenvalue weighted by Gasteiger charge is 2.07. The molecule has 1 heterocycles. The minimum absolute atomic E-state index is 0.131. The third-order valence-electron chi connectivity index (χ3n) is 2.69. The molecule has 0 aliphatic heterocycles. The van der Waals surface area contributed by atoms with Crippen LogP contribution in [0.5, 0.6) is 5.75 Å². The molecule has 2 rings (SSSR count). The van der Waals surface area contributed by atoms with Crippen LogP contribution in [0.2, 0.25) is 5.02 Å². The number of rotatable bonds is 7. The van der Waals surface area contributed by atoms with Crippen LogP contribution in [0.25, 0.3) is 0 Å². The molecule has 0 saturated heterocycles. The summed E-state index contributed by atoms with van der Waals surface area (Å²) in [6, 6.07) is 8.55. The molecule has 5 heteroatoms. The van der Waals surface area contributed by atoms with Crippen LogP contribution in [0, 0.1) is 0 Å². The summed E-state index contributed by atoms with van der Waals surface area (Å²) in [5, 5.41) is 2.29. The van der Waals surface area contributed by atoms with Gasteiger partial charge in [0.15, 0.2) is 5.78 Å². The van der Waals surface area contributed by atoms with Crippen molar-refractivity contribution in [3.8, 4) is 5.75 Å². The van der Waals surface area contributed by atoms with Crippen molar-refractivity contribution < 1.29 is 14.3 Å². The van der Waals surface area contributed by atoms with Crippen molar-refractivity contribution in [2.24, 2.45) is 0 Å². The van der Waals surface area contributed by atoms with Gasteiger partial charge in [0, 0.05) is 12.0 Å². The Labute approximate surface area is 126 Å². The highest BCUT2D eigenvalue weighted by Crippen LogP contribution is 2.25. The van der Waals surface area contributed by atoms with Crippen molar-refractivity contribution in [1.82, 2.24) is 0 Å². The summed E-state index contributed by atoms with van der Waals surface area (Å²) in [4.78, 5) is 23.1. The number of ether oxygens (including phenoxy) is 1. The Kier molecular flexibility index (Phi) is 5.32. The molecule has 1 aromatic carbocycles. The lowest BCUT2D eigenvalue weighted by molar-refractivity contribution is 0.0977. The van der Waals surface area contributed by atoms with Gasteiger partial charge in [0.1, 0.15) is 12.0 Å². The predicted octanol–water partition coefficient (Wildman–Crippen LogP) is 4.26. The standard InChI is InChI=1S/C15H13ClO3S/c16-12-9-11(10-17)5-6-14(12)19-7-1-3-13(18)15-4-2-8-20-15/h2,4-6,8-10H,1,3,7H2. The summed E-state index contributed by atoms with van der Waals surface area (Å²) >= 11 is 7.43. The maximum atomic E-state index is 11.8. The largest absolute Gasteiger partial charge is 0.492 e. The number of thiophene rings is 1. The van der Waals surface area contributed by atoms with Crippen molar-refractivity contribution in [3.05, 3.63) is 51.2 Å². The summed E-state index contributed by atoms with van der Waals surface area (Å²) in [5.74, 6) is 0.659. The normalized spacial score (nSPS) is 10.2. The van der Waals surface area contributed by atoms with Gasteiger partial charge in [-0.1, -0.05) is 17.7 Å². The highest BCUT2D eigenvalue weighted by molar-refractivity contribution is 7.12. The Bertz CT molecular complexity index is 593. The van der Waals surface area contributed by atoms with Crippen molar-refractivity contribution >= 4 is 35.0 Å². The summed E-state index contributed by atoms with van der Waals surface area (Å²) in [5.41, 5.74) is 0.509. The molecule has 20 heavy (non-hydrogen) atoms. The molecular weight excluding hydrogens is 296 g/mol. The van der Waals surface area contributed by atoms with Gasteiger partial charge >= 0.3 is 0 Å². The fraction of sp³-hybridized carbons (Fsp3) is 0.200. The number of halogens is 1. The van der Waals surface area contributed by atoms with E-state index >= 15 is 0 Å². The SMILES string of the molecule is O=Cc1ccc(OCCCC(=O)c2cccs2)c(Cl)c1. The second-order valence-electron chi connectivity index (χ2n) is 4.16. The van der Waals surface area contributed by atoms with Gasteiger partial charge in [-0.15, -0.1) is 11.3 Å². The maximum absolute atomic E-state index is 11.8. The van der Waals surface area contributed by atoms with E-state index in [1.807, 2.05) is 17.5 Å². The lowest BCUT2D eigenvalue weighted by atomic mass is 10.2. The number of carbonyl (C=O) groups excluding carboxylic acids is 2. The monoisotopic (exact) mass is 308 g/mol. The molecule has 0 atom stereocenters. The number of carbonyl (C=O) groups is 2. The van der Waals surface area contributed by atoms with E-state index in [2.05, 4.69) is 0 Å². The van der Waals surface area contributed by atoms with E-state index in [4.69, 9.17) is 16.3 Å². The first-order valence-electron chi connectivity index (χ1n) is 6.15. The quantitative estimate of drug-likeness (QED) is 0.436. The number of Topliss-reactive ketones (excluding diaryl/α,β-unsaturated/α-hetero) is 1. The first kappa shape index (κ1) is 14.8. The van der Waals surface area contributed by atoms with Gasteiger partial charge in [-0.3, -0.25) is 9.59 Å². The highest BCUT2D eigenvalue weighted by atomic mass is 35.5. The number of ketones is 1. The minimum atomic E-state index is 0.131. The summed E-state index contributed by atoms with van der Waals surface area (Å²) in [6.07, 6.45) is 1.81. The van der Waals surface area contributed by atoms with Crippen LogP contribution < -0.4 is 4.74 Å². The number of hydrogen-bond acceptors (Lipinski definition) is 4. The fourth-order valence-electron chi connectivity index (χ4n) is 1.68. The molecule has 3 nitrogen and oxygen atoms in total. The first-order chi connectivity index (χ1) is 9.70. The summed E-state index contributed by atoms with van der Waals surface area (Å²) < 4.78 is 5.51. The van der Waals surface area contributed by atoms with Crippen molar-refractivity contribution in [2.75, 3.05) is 6.61 Å². The van der Waals surface area contributed by atoms with Crippen LogP contribution in [0.15, 0.2) is 35.7 Å². The molecule has 0 fully saturated rings. The topological polar surface area (TPSA) is 43.4 Å². The Hall–Kier alpha value is -1.65. The van der Waals surface area contributed by atoms with Gasteiger partial charge < -0.3 is 4.74 Å². The summed E-state index contributed by atoms with van der Waals surface area (Å²) in [6.45, 7) is 0.414. The van der Waals surface area contributed by atoms with Crippen LogP contribution in [-0.2, 0) is 0 Å². The van der Waals surface area contributed by atoms with Gasteiger partial charge in [0.25, 0.3) is 0 Å². The Morgan fingerprint density at radius 1 is 1.35 bits per heavy atom. The molecule has 0 radical (unpaired) electrons. The lowest BCUT2D eigenvalue weighted by Crippen LogP contribution is -2.03. The Morgan fingerprint density at radius 3 is 2.85 bits per heavy atom. The molecular formula is C15H13ClO3S. The molecule has 0 amide bonds. The smallest absolute Gasteiger partial charge is 0.172 e. The molecule has 0 aliphatic rings. The van der Waals surface area contributed by atoms with Crippen molar-refractivity contribution in [1.29, 1.82) is 0 Å². The molecule has 0 bridgehead atoms.